The molecule has 21 heavy (non-hydrogen) atoms. The van der Waals surface area contributed by atoms with Crippen LogP contribution < -0.4 is 0 Å². The number of nitrogens with zero attached hydrogens (tertiary/aromatic N) is 2. The van der Waals surface area contributed by atoms with Gasteiger partial charge in [0.05, 0.1) is 21.7 Å². The minimum absolute atomic E-state index is 0.507. The average molecular weight is 449 g/mol. The molecule has 1 aromatic heterocycles. The zero-order valence-electron chi connectivity index (χ0n) is 10.8. The minimum Gasteiger partial charge on any atom is -0.294 e. The van der Waals surface area contributed by atoms with Crippen molar-refractivity contribution in [1.82, 2.24) is 9.55 Å². The van der Waals surface area contributed by atoms with E-state index in [0.717, 1.165) is 31.5 Å². The fourth-order valence-corrected chi connectivity index (χ4v) is 3.50. The monoisotopic (exact) mass is 446 g/mol. The number of aryl methyl sites for hydroxylation is 1. The van der Waals surface area contributed by atoms with E-state index in [9.17, 15) is 0 Å². The van der Waals surface area contributed by atoms with Gasteiger partial charge in [-0.1, -0.05) is 33.6 Å². The number of aromatic nitrogens is 2. The molecule has 0 atom stereocenters. The molecule has 0 unspecified atom stereocenters. The van der Waals surface area contributed by atoms with Gasteiger partial charge in [-0.3, -0.25) is 4.57 Å². The zero-order valence-corrected chi connectivity index (χ0v) is 15.5. The highest BCUT2D eigenvalue weighted by Gasteiger charge is 2.16. The van der Waals surface area contributed by atoms with E-state index in [1.165, 1.54) is 0 Å². The van der Waals surface area contributed by atoms with Crippen molar-refractivity contribution in [2.24, 2.45) is 0 Å². The Morgan fingerprint density at radius 3 is 2.71 bits per heavy atom. The number of hydrogen-bond acceptors (Lipinski definition) is 1. The third-order valence-electron chi connectivity index (χ3n) is 3.16. The molecule has 0 spiro atoms. The van der Waals surface area contributed by atoms with Crippen molar-refractivity contribution in [3.63, 3.8) is 0 Å². The van der Waals surface area contributed by atoms with Crippen molar-refractivity contribution in [3.05, 3.63) is 56.2 Å². The lowest BCUT2D eigenvalue weighted by Gasteiger charge is -2.12. The number of fused-ring (bicyclic) bond motifs is 1. The summed E-state index contributed by atoms with van der Waals surface area (Å²) >= 11 is 19.4. The Labute approximate surface area is 149 Å². The van der Waals surface area contributed by atoms with Crippen molar-refractivity contribution >= 4 is 66.1 Å². The maximum atomic E-state index is 6.40. The van der Waals surface area contributed by atoms with E-state index >= 15 is 0 Å². The number of benzene rings is 2. The lowest BCUT2D eigenvalue weighted by molar-refractivity contribution is 0.909. The van der Waals surface area contributed by atoms with E-state index in [-0.39, 0.29) is 0 Å². The molecule has 3 rings (SSSR count). The smallest absolute Gasteiger partial charge is 0.115 e. The summed E-state index contributed by atoms with van der Waals surface area (Å²) in [6.07, 6.45) is 0.672. The molecule has 0 saturated carbocycles. The van der Waals surface area contributed by atoms with Crippen molar-refractivity contribution in [2.45, 2.75) is 6.42 Å². The maximum absolute atomic E-state index is 6.40. The van der Waals surface area contributed by atoms with Crippen LogP contribution in [0.15, 0.2) is 45.3 Å². The molecule has 108 valence electrons. The van der Waals surface area contributed by atoms with Crippen molar-refractivity contribution in [2.75, 3.05) is 5.88 Å². The van der Waals surface area contributed by atoms with Crippen LogP contribution in [0.25, 0.3) is 16.7 Å². The molecule has 0 amide bonds. The molecule has 0 aliphatic rings. The molecule has 2 nitrogen and oxygen atoms in total. The van der Waals surface area contributed by atoms with Gasteiger partial charge in [-0.05, 0) is 46.3 Å². The second-order valence-electron chi connectivity index (χ2n) is 4.51. The lowest BCUT2D eigenvalue weighted by Crippen LogP contribution is -2.03. The second kappa shape index (κ2) is 6.29. The van der Waals surface area contributed by atoms with Crippen LogP contribution in [0, 0.1) is 0 Å². The van der Waals surface area contributed by atoms with Crippen LogP contribution in [0.2, 0.25) is 5.02 Å². The van der Waals surface area contributed by atoms with Crippen LogP contribution in [-0.4, -0.2) is 15.4 Å². The SMILES string of the molecule is ClCCc1nc2cccc(Cl)c2n1-c1cc(Br)ccc1Br. The summed E-state index contributed by atoms with van der Waals surface area (Å²) < 4.78 is 4.03. The van der Waals surface area contributed by atoms with Crippen molar-refractivity contribution in [3.8, 4) is 5.69 Å². The number of imidazole rings is 1. The summed E-state index contributed by atoms with van der Waals surface area (Å²) in [5.74, 6) is 1.40. The van der Waals surface area contributed by atoms with Crippen LogP contribution in [0.5, 0.6) is 0 Å². The van der Waals surface area contributed by atoms with Crippen LogP contribution >= 0.6 is 55.1 Å². The molecule has 6 heteroatoms. The summed E-state index contributed by atoms with van der Waals surface area (Å²) in [4.78, 5) is 4.67. The van der Waals surface area contributed by atoms with Crippen LogP contribution in [-0.2, 0) is 6.42 Å². The summed E-state index contributed by atoms with van der Waals surface area (Å²) in [7, 11) is 0. The van der Waals surface area contributed by atoms with Gasteiger partial charge >= 0.3 is 0 Å². The standard InChI is InChI=1S/C15H10Br2Cl2N2/c16-9-4-5-10(17)13(8-9)21-14(6-7-18)20-12-3-1-2-11(19)15(12)21/h1-5,8H,6-7H2. The first-order valence-electron chi connectivity index (χ1n) is 6.29. The molecule has 2 aromatic carbocycles. The van der Waals surface area contributed by atoms with E-state index in [2.05, 4.69) is 41.4 Å². The second-order valence-corrected chi connectivity index (χ2v) is 7.06. The molecule has 0 N–H and O–H groups in total. The largest absolute Gasteiger partial charge is 0.294 e. The Balaban J connectivity index is 2.38. The molecular formula is C15H10Br2Cl2N2. The van der Waals surface area contributed by atoms with Gasteiger partial charge in [-0.15, -0.1) is 11.6 Å². The number of alkyl halides is 1. The first-order chi connectivity index (χ1) is 10.1. The predicted molar refractivity (Wildman–Crippen MR) is 95.9 cm³/mol. The first kappa shape index (κ1) is 15.3. The predicted octanol–water partition coefficient (Wildman–Crippen LogP) is 5.99. The third kappa shape index (κ3) is 2.87. The Morgan fingerprint density at radius 2 is 1.95 bits per heavy atom. The normalized spacial score (nSPS) is 11.2. The van der Waals surface area contributed by atoms with E-state index in [0.29, 0.717) is 17.3 Å². The topological polar surface area (TPSA) is 17.8 Å². The highest BCUT2D eigenvalue weighted by atomic mass is 79.9. The number of rotatable bonds is 3. The summed E-state index contributed by atoms with van der Waals surface area (Å²) in [6.45, 7) is 0. The summed E-state index contributed by atoms with van der Waals surface area (Å²) in [5.41, 5.74) is 2.76. The molecule has 0 aliphatic carbocycles. The van der Waals surface area contributed by atoms with Gasteiger partial charge in [-0.25, -0.2) is 4.98 Å². The van der Waals surface area contributed by atoms with Gasteiger partial charge in [0.1, 0.15) is 5.82 Å². The van der Waals surface area contributed by atoms with Gasteiger partial charge in [0.15, 0.2) is 0 Å². The maximum Gasteiger partial charge on any atom is 0.115 e. The molecule has 0 radical (unpaired) electrons. The van der Waals surface area contributed by atoms with Gasteiger partial charge < -0.3 is 0 Å². The fourth-order valence-electron chi connectivity index (χ4n) is 2.30. The zero-order chi connectivity index (χ0) is 15.0. The average Bonchev–Trinajstić information content (AvgIpc) is 2.81. The minimum atomic E-state index is 0.507. The summed E-state index contributed by atoms with van der Waals surface area (Å²) in [6, 6.07) is 11.7. The fraction of sp³-hybridized carbons (Fsp3) is 0.133. The summed E-state index contributed by atoms with van der Waals surface area (Å²) in [5, 5.41) is 0.674. The van der Waals surface area contributed by atoms with Crippen LogP contribution in [0.3, 0.4) is 0 Å². The molecule has 0 aliphatic heterocycles. The highest BCUT2D eigenvalue weighted by molar-refractivity contribution is 9.11. The molecule has 0 fully saturated rings. The lowest BCUT2D eigenvalue weighted by atomic mass is 10.2. The van der Waals surface area contributed by atoms with Gasteiger partial charge in [0, 0.05) is 21.2 Å². The molecule has 3 aromatic rings. The molecule has 0 bridgehead atoms. The number of halogens is 4. The van der Waals surface area contributed by atoms with Gasteiger partial charge in [0.2, 0.25) is 0 Å². The third-order valence-corrected chi connectivity index (χ3v) is 4.82. The Bertz CT molecular complexity index is 815. The van der Waals surface area contributed by atoms with Gasteiger partial charge in [0.25, 0.3) is 0 Å². The number of hydrogen-bond donors (Lipinski definition) is 0. The Kier molecular flexibility index (Phi) is 4.60. The van der Waals surface area contributed by atoms with E-state index < -0.39 is 0 Å². The number of para-hydroxylation sites is 1. The highest BCUT2D eigenvalue weighted by Crippen LogP contribution is 2.33. The van der Waals surface area contributed by atoms with Crippen LogP contribution in [0.1, 0.15) is 5.82 Å². The van der Waals surface area contributed by atoms with Gasteiger partial charge in [-0.2, -0.15) is 0 Å². The first-order valence-corrected chi connectivity index (χ1v) is 8.79. The Morgan fingerprint density at radius 1 is 1.14 bits per heavy atom. The molecular weight excluding hydrogens is 439 g/mol. The quantitative estimate of drug-likeness (QED) is 0.450. The molecule has 1 heterocycles. The van der Waals surface area contributed by atoms with E-state index in [4.69, 9.17) is 23.2 Å². The van der Waals surface area contributed by atoms with E-state index in [1.54, 1.807) is 0 Å². The van der Waals surface area contributed by atoms with Crippen molar-refractivity contribution in [1.29, 1.82) is 0 Å². The van der Waals surface area contributed by atoms with Crippen molar-refractivity contribution < 1.29 is 0 Å². The van der Waals surface area contributed by atoms with E-state index in [1.807, 2.05) is 36.4 Å². The Hall–Kier alpha value is -0.550. The molecule has 0 saturated heterocycles. The van der Waals surface area contributed by atoms with Crippen LogP contribution in [0.4, 0.5) is 0 Å².